The molecule has 132 valence electrons. The third-order valence-electron chi connectivity index (χ3n) is 3.75. The molecule has 6 heteroatoms. The van der Waals surface area contributed by atoms with Gasteiger partial charge in [-0.1, -0.05) is 30.3 Å². The van der Waals surface area contributed by atoms with Gasteiger partial charge in [0.25, 0.3) is 0 Å². The Hall–Kier alpha value is -3.02. The van der Waals surface area contributed by atoms with E-state index >= 15 is 0 Å². The fraction of sp³-hybridized carbons (Fsp3) is 0.263. The molecule has 2 N–H and O–H groups in total. The lowest BCUT2D eigenvalue weighted by Gasteiger charge is -2.16. The number of benzene rings is 2. The summed E-state index contributed by atoms with van der Waals surface area (Å²) in [7, 11) is 3.05. The zero-order chi connectivity index (χ0) is 18.2. The second kappa shape index (κ2) is 8.73. The number of nitrogens with one attached hydrogen (secondary N) is 1. The number of hydrogen-bond acceptors (Lipinski definition) is 4. The second-order valence-corrected chi connectivity index (χ2v) is 5.50. The van der Waals surface area contributed by atoms with E-state index in [9.17, 15) is 14.7 Å². The number of carbonyl (C=O) groups is 2. The van der Waals surface area contributed by atoms with Crippen molar-refractivity contribution in [3.05, 3.63) is 59.7 Å². The molecule has 25 heavy (non-hydrogen) atoms. The molecule has 0 saturated heterocycles. The predicted octanol–water partition coefficient (Wildman–Crippen LogP) is 2.06. The maximum Gasteiger partial charge on any atom is 0.326 e. The van der Waals surface area contributed by atoms with E-state index in [4.69, 9.17) is 9.47 Å². The minimum absolute atomic E-state index is 0.00105. The van der Waals surface area contributed by atoms with E-state index in [1.807, 2.05) is 30.3 Å². The standard InChI is InChI=1S/C19H21NO5/c1-24-15-8-9-17(25-2)14(11-15)12-18(21)20-16(19(22)23)10-13-6-4-3-5-7-13/h3-9,11,16H,10,12H2,1-2H3,(H,20,21)(H,22,23)/t16-/m1/s1. The van der Waals surface area contributed by atoms with Crippen LogP contribution >= 0.6 is 0 Å². The molecule has 6 nitrogen and oxygen atoms in total. The van der Waals surface area contributed by atoms with Crippen molar-refractivity contribution >= 4 is 11.9 Å². The van der Waals surface area contributed by atoms with E-state index in [1.54, 1.807) is 18.2 Å². The SMILES string of the molecule is COc1ccc(OC)c(CC(=O)N[C@H](Cc2ccccc2)C(=O)O)c1. The number of carboxylic acids is 1. The molecule has 0 aliphatic rings. The summed E-state index contributed by atoms with van der Waals surface area (Å²) in [5.41, 5.74) is 1.47. The molecule has 0 aliphatic carbocycles. The number of ether oxygens (including phenoxy) is 2. The van der Waals surface area contributed by atoms with Crippen molar-refractivity contribution in [1.29, 1.82) is 0 Å². The Morgan fingerprint density at radius 3 is 2.40 bits per heavy atom. The van der Waals surface area contributed by atoms with Gasteiger partial charge in [-0.25, -0.2) is 4.79 Å². The summed E-state index contributed by atoms with van der Waals surface area (Å²) >= 11 is 0. The van der Waals surface area contributed by atoms with Crippen LogP contribution in [0.5, 0.6) is 11.5 Å². The summed E-state index contributed by atoms with van der Waals surface area (Å²) in [5.74, 6) is -0.321. The molecule has 2 aromatic carbocycles. The van der Waals surface area contributed by atoms with Gasteiger partial charge >= 0.3 is 5.97 Å². The Morgan fingerprint density at radius 2 is 1.80 bits per heavy atom. The number of rotatable bonds is 8. The molecule has 0 fully saturated rings. The van der Waals surface area contributed by atoms with Gasteiger partial charge in [-0.05, 0) is 23.8 Å². The van der Waals surface area contributed by atoms with Crippen molar-refractivity contribution in [3.8, 4) is 11.5 Å². The minimum Gasteiger partial charge on any atom is -0.497 e. The van der Waals surface area contributed by atoms with Crippen LogP contribution in [0, 0.1) is 0 Å². The average molecular weight is 343 g/mol. The minimum atomic E-state index is -1.07. The van der Waals surface area contributed by atoms with Crippen molar-refractivity contribution in [2.75, 3.05) is 14.2 Å². The smallest absolute Gasteiger partial charge is 0.326 e. The number of amides is 1. The quantitative estimate of drug-likeness (QED) is 0.766. The Morgan fingerprint density at radius 1 is 1.08 bits per heavy atom. The van der Waals surface area contributed by atoms with Crippen molar-refractivity contribution < 1.29 is 24.2 Å². The average Bonchev–Trinajstić information content (AvgIpc) is 2.61. The molecule has 0 heterocycles. The van der Waals surface area contributed by atoms with Crippen LogP contribution < -0.4 is 14.8 Å². The summed E-state index contributed by atoms with van der Waals surface area (Å²) < 4.78 is 10.4. The van der Waals surface area contributed by atoms with E-state index in [2.05, 4.69) is 5.32 Å². The molecule has 1 atom stereocenters. The number of hydrogen-bond donors (Lipinski definition) is 2. The van der Waals surface area contributed by atoms with Crippen molar-refractivity contribution in [1.82, 2.24) is 5.32 Å². The second-order valence-electron chi connectivity index (χ2n) is 5.50. The maximum atomic E-state index is 12.3. The van der Waals surface area contributed by atoms with Crippen LogP contribution in [0.25, 0.3) is 0 Å². The lowest BCUT2D eigenvalue weighted by molar-refractivity contribution is -0.141. The molecule has 0 aliphatic heterocycles. The van der Waals surface area contributed by atoms with Crippen molar-refractivity contribution in [2.45, 2.75) is 18.9 Å². The number of methoxy groups -OCH3 is 2. The fourth-order valence-corrected chi connectivity index (χ4v) is 2.49. The highest BCUT2D eigenvalue weighted by molar-refractivity contribution is 5.85. The lowest BCUT2D eigenvalue weighted by atomic mass is 10.0. The van der Waals surface area contributed by atoms with Gasteiger partial charge in [0.15, 0.2) is 0 Å². The Kier molecular flexibility index (Phi) is 6.39. The molecule has 0 bridgehead atoms. The topological polar surface area (TPSA) is 84.9 Å². The summed E-state index contributed by atoms with van der Waals surface area (Å²) in [6.07, 6.45) is 0.218. The van der Waals surface area contributed by atoms with Gasteiger partial charge in [0.2, 0.25) is 5.91 Å². The predicted molar refractivity (Wildman–Crippen MR) is 93.0 cm³/mol. The van der Waals surface area contributed by atoms with Gasteiger partial charge in [-0.15, -0.1) is 0 Å². The first-order valence-electron chi connectivity index (χ1n) is 7.80. The number of aliphatic carboxylic acids is 1. The molecular formula is C19H21NO5. The van der Waals surface area contributed by atoms with Crippen molar-refractivity contribution in [2.24, 2.45) is 0 Å². The third-order valence-corrected chi connectivity index (χ3v) is 3.75. The van der Waals surface area contributed by atoms with Gasteiger partial charge < -0.3 is 19.9 Å². The van der Waals surface area contributed by atoms with Crippen molar-refractivity contribution in [3.63, 3.8) is 0 Å². The molecule has 0 aromatic heterocycles. The summed E-state index contributed by atoms with van der Waals surface area (Å²) in [4.78, 5) is 23.8. The molecule has 0 radical (unpaired) electrons. The van der Waals surface area contributed by atoms with Crippen LogP contribution in [0.4, 0.5) is 0 Å². The zero-order valence-corrected chi connectivity index (χ0v) is 14.2. The Labute approximate surface area is 146 Å². The van der Waals surface area contributed by atoms with Gasteiger partial charge in [0, 0.05) is 12.0 Å². The summed E-state index contributed by atoms with van der Waals surface area (Å²) in [5, 5.41) is 11.9. The van der Waals surface area contributed by atoms with Gasteiger partial charge in [0.05, 0.1) is 20.6 Å². The van der Waals surface area contributed by atoms with E-state index in [1.165, 1.54) is 14.2 Å². The first-order chi connectivity index (χ1) is 12.0. The van der Waals surface area contributed by atoms with Crippen LogP contribution in [0.2, 0.25) is 0 Å². The zero-order valence-electron chi connectivity index (χ0n) is 14.2. The fourth-order valence-electron chi connectivity index (χ4n) is 2.49. The van der Waals surface area contributed by atoms with Crippen LogP contribution in [-0.2, 0) is 22.4 Å². The molecule has 0 saturated carbocycles. The normalized spacial score (nSPS) is 11.4. The molecule has 0 unspecified atom stereocenters. The largest absolute Gasteiger partial charge is 0.497 e. The van der Waals surface area contributed by atoms with Crippen LogP contribution in [0.3, 0.4) is 0 Å². The van der Waals surface area contributed by atoms with E-state index in [-0.39, 0.29) is 12.8 Å². The first-order valence-corrected chi connectivity index (χ1v) is 7.80. The molecule has 0 spiro atoms. The van der Waals surface area contributed by atoms with Crippen LogP contribution in [0.1, 0.15) is 11.1 Å². The Balaban J connectivity index is 2.08. The maximum absolute atomic E-state index is 12.3. The molecular weight excluding hydrogens is 322 g/mol. The van der Waals surface area contributed by atoms with Crippen LogP contribution in [-0.4, -0.2) is 37.2 Å². The van der Waals surface area contributed by atoms with E-state index in [0.29, 0.717) is 17.1 Å². The van der Waals surface area contributed by atoms with E-state index in [0.717, 1.165) is 5.56 Å². The first kappa shape index (κ1) is 18.3. The van der Waals surface area contributed by atoms with Crippen LogP contribution in [0.15, 0.2) is 48.5 Å². The highest BCUT2D eigenvalue weighted by atomic mass is 16.5. The van der Waals surface area contributed by atoms with Gasteiger partial charge in [0.1, 0.15) is 17.5 Å². The molecule has 1 amide bonds. The molecule has 2 rings (SSSR count). The summed E-state index contributed by atoms with van der Waals surface area (Å²) in [6, 6.07) is 13.3. The number of carbonyl (C=O) groups excluding carboxylic acids is 1. The highest BCUT2D eigenvalue weighted by Gasteiger charge is 2.21. The monoisotopic (exact) mass is 343 g/mol. The summed E-state index contributed by atoms with van der Waals surface area (Å²) in [6.45, 7) is 0. The van der Waals surface area contributed by atoms with Gasteiger partial charge in [-0.3, -0.25) is 4.79 Å². The third kappa shape index (κ3) is 5.24. The molecule has 2 aromatic rings. The highest BCUT2D eigenvalue weighted by Crippen LogP contribution is 2.24. The number of carboxylic acid groups (broad SMARTS) is 1. The lowest BCUT2D eigenvalue weighted by Crippen LogP contribution is -2.43. The van der Waals surface area contributed by atoms with Gasteiger partial charge in [-0.2, -0.15) is 0 Å². The Bertz CT molecular complexity index is 730. The van der Waals surface area contributed by atoms with E-state index < -0.39 is 17.9 Å².